The predicted molar refractivity (Wildman–Crippen MR) is 85.8 cm³/mol. The first kappa shape index (κ1) is 14.8. The third-order valence-corrected chi connectivity index (χ3v) is 3.85. The summed E-state index contributed by atoms with van der Waals surface area (Å²) >= 11 is 6.76. The smallest absolute Gasteiger partial charge is 0.284 e. The average molecular weight is 331 g/mol. The van der Waals surface area contributed by atoms with Gasteiger partial charge in [-0.25, -0.2) is 0 Å². The molecule has 6 heteroatoms. The van der Waals surface area contributed by atoms with Crippen LogP contribution in [0.15, 0.2) is 64.2 Å². The van der Waals surface area contributed by atoms with E-state index in [1.165, 1.54) is 0 Å². The molecule has 0 N–H and O–H groups in total. The fourth-order valence-corrected chi connectivity index (χ4v) is 2.61. The lowest BCUT2D eigenvalue weighted by molar-refractivity contribution is -0.110. The predicted octanol–water partition coefficient (Wildman–Crippen LogP) is 4.25. The normalized spacial score (nSPS) is 10.6. The van der Waals surface area contributed by atoms with Gasteiger partial charge in [-0.2, -0.15) is 0 Å². The summed E-state index contributed by atoms with van der Waals surface area (Å²) in [7, 11) is 0. The molecule has 0 radical (unpaired) electrons. The SMILES string of the molecule is O=C(Cc1ccc(Cl)cc1)Sc1nnc(-c2ccccc2)o1. The Morgan fingerprint density at radius 3 is 2.50 bits per heavy atom. The number of thioether (sulfide) groups is 1. The van der Waals surface area contributed by atoms with Gasteiger partial charge in [0.05, 0.1) is 0 Å². The topological polar surface area (TPSA) is 56.0 Å². The van der Waals surface area contributed by atoms with Crippen molar-refractivity contribution in [3.8, 4) is 11.5 Å². The highest BCUT2D eigenvalue weighted by Crippen LogP contribution is 2.24. The lowest BCUT2D eigenvalue weighted by atomic mass is 10.2. The number of benzene rings is 2. The molecule has 0 aliphatic carbocycles. The molecule has 110 valence electrons. The molecule has 0 spiro atoms. The van der Waals surface area contributed by atoms with Crippen molar-refractivity contribution in [1.29, 1.82) is 0 Å². The summed E-state index contributed by atoms with van der Waals surface area (Å²) in [5, 5.41) is 8.67. The molecular formula is C16H11ClN2O2S. The van der Waals surface area contributed by atoms with Crippen molar-refractivity contribution < 1.29 is 9.21 Å². The van der Waals surface area contributed by atoms with Crippen LogP contribution < -0.4 is 0 Å². The lowest BCUT2D eigenvalue weighted by Gasteiger charge is -1.98. The molecule has 22 heavy (non-hydrogen) atoms. The van der Waals surface area contributed by atoms with Gasteiger partial charge in [0.2, 0.25) is 11.0 Å². The van der Waals surface area contributed by atoms with E-state index in [0.717, 1.165) is 22.9 Å². The summed E-state index contributed by atoms with van der Waals surface area (Å²) in [4.78, 5) is 12.0. The first-order valence-corrected chi connectivity index (χ1v) is 7.74. The van der Waals surface area contributed by atoms with Crippen LogP contribution in [-0.4, -0.2) is 15.3 Å². The maximum Gasteiger partial charge on any atom is 0.284 e. The minimum Gasteiger partial charge on any atom is -0.411 e. The highest BCUT2D eigenvalue weighted by molar-refractivity contribution is 8.13. The Morgan fingerprint density at radius 1 is 1.05 bits per heavy atom. The second-order valence-electron chi connectivity index (χ2n) is 4.52. The monoisotopic (exact) mass is 330 g/mol. The Balaban J connectivity index is 1.65. The molecule has 0 aliphatic heterocycles. The molecule has 2 aromatic carbocycles. The van der Waals surface area contributed by atoms with Crippen LogP contribution in [0.1, 0.15) is 5.56 Å². The van der Waals surface area contributed by atoms with Crippen LogP contribution in [0.4, 0.5) is 0 Å². The summed E-state index contributed by atoms with van der Waals surface area (Å²) in [6.45, 7) is 0. The van der Waals surface area contributed by atoms with Crippen LogP contribution in [0, 0.1) is 0 Å². The van der Waals surface area contributed by atoms with E-state index < -0.39 is 0 Å². The zero-order valence-corrected chi connectivity index (χ0v) is 13.0. The number of hydrogen-bond donors (Lipinski definition) is 0. The van der Waals surface area contributed by atoms with E-state index in [2.05, 4.69) is 10.2 Å². The van der Waals surface area contributed by atoms with Gasteiger partial charge in [0.15, 0.2) is 0 Å². The molecule has 1 aromatic heterocycles. The Morgan fingerprint density at radius 2 is 1.77 bits per heavy atom. The molecule has 0 unspecified atom stereocenters. The second-order valence-corrected chi connectivity index (χ2v) is 5.96. The zero-order valence-electron chi connectivity index (χ0n) is 11.4. The Hall–Kier alpha value is -2.11. The molecule has 0 fully saturated rings. The number of carbonyl (C=O) groups excluding carboxylic acids is 1. The van der Waals surface area contributed by atoms with Crippen LogP contribution in [0.2, 0.25) is 5.02 Å². The summed E-state index contributed by atoms with van der Waals surface area (Å²) in [6, 6.07) is 16.6. The highest BCUT2D eigenvalue weighted by atomic mass is 35.5. The second kappa shape index (κ2) is 6.77. The molecule has 0 amide bonds. The van der Waals surface area contributed by atoms with Crippen molar-refractivity contribution in [2.24, 2.45) is 0 Å². The molecular weight excluding hydrogens is 320 g/mol. The summed E-state index contributed by atoms with van der Waals surface area (Å²) < 4.78 is 5.50. The summed E-state index contributed by atoms with van der Waals surface area (Å²) in [5.74, 6) is 0.405. The number of rotatable bonds is 4. The van der Waals surface area contributed by atoms with E-state index in [-0.39, 0.29) is 16.8 Å². The van der Waals surface area contributed by atoms with Crippen molar-refractivity contribution in [2.75, 3.05) is 0 Å². The maximum absolute atomic E-state index is 12.0. The minimum absolute atomic E-state index is 0.0643. The molecule has 0 bridgehead atoms. The summed E-state index contributed by atoms with van der Waals surface area (Å²) in [6.07, 6.45) is 0.283. The van der Waals surface area contributed by atoms with Crippen molar-refractivity contribution in [3.63, 3.8) is 0 Å². The van der Waals surface area contributed by atoms with E-state index in [0.29, 0.717) is 10.9 Å². The van der Waals surface area contributed by atoms with Gasteiger partial charge in [0.1, 0.15) is 0 Å². The largest absolute Gasteiger partial charge is 0.411 e. The molecule has 4 nitrogen and oxygen atoms in total. The molecule has 0 atom stereocenters. The van der Waals surface area contributed by atoms with E-state index in [4.69, 9.17) is 16.0 Å². The Kier molecular flexibility index (Phi) is 4.56. The first-order chi connectivity index (χ1) is 10.7. The number of halogens is 1. The van der Waals surface area contributed by atoms with Crippen LogP contribution in [0.3, 0.4) is 0 Å². The Bertz CT molecular complexity index is 772. The molecule has 0 saturated heterocycles. The molecule has 0 aliphatic rings. The molecule has 3 rings (SSSR count). The van der Waals surface area contributed by atoms with Gasteiger partial charge in [-0.1, -0.05) is 41.9 Å². The van der Waals surface area contributed by atoms with Gasteiger partial charge in [0, 0.05) is 28.8 Å². The van der Waals surface area contributed by atoms with Crippen molar-refractivity contribution >= 4 is 28.5 Å². The van der Waals surface area contributed by atoms with Gasteiger partial charge in [-0.05, 0) is 29.8 Å². The van der Waals surface area contributed by atoms with Crippen molar-refractivity contribution in [1.82, 2.24) is 10.2 Å². The van der Waals surface area contributed by atoms with Gasteiger partial charge in [0.25, 0.3) is 5.22 Å². The third kappa shape index (κ3) is 3.75. The zero-order chi connectivity index (χ0) is 15.4. The van der Waals surface area contributed by atoms with Gasteiger partial charge in [-0.15, -0.1) is 10.2 Å². The standard InChI is InChI=1S/C16H11ClN2O2S/c17-13-8-6-11(7-9-13)10-14(20)22-16-19-18-15(21-16)12-4-2-1-3-5-12/h1-9H,10H2. The average Bonchev–Trinajstić information content (AvgIpc) is 2.99. The van der Waals surface area contributed by atoms with Crippen LogP contribution >= 0.6 is 23.4 Å². The van der Waals surface area contributed by atoms with E-state index in [1.54, 1.807) is 12.1 Å². The van der Waals surface area contributed by atoms with Crippen molar-refractivity contribution in [3.05, 3.63) is 65.2 Å². The molecule has 3 aromatic rings. The maximum atomic E-state index is 12.0. The van der Waals surface area contributed by atoms with Gasteiger partial charge in [-0.3, -0.25) is 4.79 Å². The molecule has 0 saturated carbocycles. The van der Waals surface area contributed by atoms with Crippen LogP contribution in [-0.2, 0) is 11.2 Å². The number of nitrogens with zero attached hydrogens (tertiary/aromatic N) is 2. The number of hydrogen-bond acceptors (Lipinski definition) is 5. The van der Waals surface area contributed by atoms with Crippen LogP contribution in [0.5, 0.6) is 0 Å². The third-order valence-electron chi connectivity index (χ3n) is 2.89. The van der Waals surface area contributed by atoms with Crippen LogP contribution in [0.25, 0.3) is 11.5 Å². The molecule has 1 heterocycles. The Labute approximate surface area is 136 Å². The lowest BCUT2D eigenvalue weighted by Crippen LogP contribution is -1.97. The van der Waals surface area contributed by atoms with E-state index in [1.807, 2.05) is 42.5 Å². The summed E-state index contributed by atoms with van der Waals surface area (Å²) in [5.41, 5.74) is 1.72. The van der Waals surface area contributed by atoms with E-state index >= 15 is 0 Å². The minimum atomic E-state index is -0.0643. The van der Waals surface area contributed by atoms with E-state index in [9.17, 15) is 4.79 Å². The van der Waals surface area contributed by atoms with Crippen molar-refractivity contribution in [2.45, 2.75) is 11.6 Å². The van der Waals surface area contributed by atoms with Gasteiger partial charge < -0.3 is 4.42 Å². The number of carbonyl (C=O) groups is 1. The highest BCUT2D eigenvalue weighted by Gasteiger charge is 2.13. The fraction of sp³-hybridized carbons (Fsp3) is 0.0625. The first-order valence-electron chi connectivity index (χ1n) is 6.55. The quantitative estimate of drug-likeness (QED) is 0.669. The van der Waals surface area contributed by atoms with Gasteiger partial charge >= 0.3 is 0 Å². The fourth-order valence-electron chi connectivity index (χ4n) is 1.85. The number of aromatic nitrogens is 2.